The van der Waals surface area contributed by atoms with Crippen LogP contribution in [0.2, 0.25) is 0 Å². The minimum absolute atomic E-state index is 0.000511. The summed E-state index contributed by atoms with van der Waals surface area (Å²) in [4.78, 5) is 18.3. The molecule has 0 saturated heterocycles. The van der Waals surface area contributed by atoms with Gasteiger partial charge in [-0.25, -0.2) is 0 Å². The number of aryl methyl sites for hydroxylation is 3. The van der Waals surface area contributed by atoms with Gasteiger partial charge in [0.15, 0.2) is 0 Å². The van der Waals surface area contributed by atoms with Gasteiger partial charge >= 0.3 is 0 Å². The molecule has 3 N–H and O–H groups in total. The topological polar surface area (TPSA) is 121 Å². The number of benzene rings is 2. The summed E-state index contributed by atoms with van der Waals surface area (Å²) in [7, 11) is 0. The Balaban J connectivity index is 1.81. The van der Waals surface area contributed by atoms with Gasteiger partial charge < -0.3 is 24.8 Å². The molecular formula is C29H40N4O5. The molecule has 9 heteroatoms. The molecule has 0 aliphatic carbocycles. The highest BCUT2D eigenvalue weighted by Gasteiger charge is 2.17. The second kappa shape index (κ2) is 14.0. The van der Waals surface area contributed by atoms with Gasteiger partial charge in [0, 0.05) is 24.2 Å². The van der Waals surface area contributed by atoms with Crippen LogP contribution >= 0.6 is 0 Å². The van der Waals surface area contributed by atoms with Crippen LogP contribution in [-0.2, 0) is 24.2 Å². The normalized spacial score (nSPS) is 12.1. The molecule has 3 aromatic rings. The average Bonchev–Trinajstić information content (AvgIpc) is 3.43. The maximum absolute atomic E-state index is 11.2. The van der Waals surface area contributed by atoms with E-state index in [1.807, 2.05) is 26.0 Å². The molecule has 1 aromatic heterocycles. The second-order valence-electron chi connectivity index (χ2n) is 9.34. The Morgan fingerprint density at radius 3 is 2.45 bits per heavy atom. The van der Waals surface area contributed by atoms with Crippen molar-refractivity contribution in [3.8, 4) is 28.6 Å². The second-order valence-corrected chi connectivity index (χ2v) is 9.34. The van der Waals surface area contributed by atoms with Crippen LogP contribution in [0.1, 0.15) is 49.9 Å². The van der Waals surface area contributed by atoms with Crippen LogP contribution in [0.5, 0.6) is 5.75 Å². The van der Waals surface area contributed by atoms with Gasteiger partial charge in [-0.3, -0.25) is 9.69 Å². The summed E-state index contributed by atoms with van der Waals surface area (Å²) >= 11 is 0. The number of aromatic nitrogens is 2. The van der Waals surface area contributed by atoms with E-state index in [2.05, 4.69) is 54.3 Å². The van der Waals surface area contributed by atoms with Crippen molar-refractivity contribution in [3.63, 3.8) is 0 Å². The van der Waals surface area contributed by atoms with E-state index in [9.17, 15) is 9.90 Å². The zero-order valence-electron chi connectivity index (χ0n) is 23.1. The molecule has 0 saturated carbocycles. The minimum atomic E-state index is -0.903. The van der Waals surface area contributed by atoms with Crippen LogP contribution in [0.4, 0.5) is 0 Å². The van der Waals surface area contributed by atoms with Crippen molar-refractivity contribution in [2.75, 3.05) is 32.8 Å². The molecule has 1 heterocycles. The van der Waals surface area contributed by atoms with Gasteiger partial charge in [-0.1, -0.05) is 38.9 Å². The van der Waals surface area contributed by atoms with Crippen LogP contribution < -0.4 is 10.1 Å². The molecule has 206 valence electrons. The zero-order chi connectivity index (χ0) is 27.7. The number of aliphatic hydroxyl groups excluding tert-OH is 2. The van der Waals surface area contributed by atoms with Crippen molar-refractivity contribution in [3.05, 3.63) is 52.6 Å². The van der Waals surface area contributed by atoms with E-state index < -0.39 is 18.6 Å². The summed E-state index contributed by atoms with van der Waals surface area (Å²) in [6.45, 7) is 12.7. The molecule has 1 atom stereocenters. The maximum atomic E-state index is 11.2. The molecule has 1 amide bonds. The van der Waals surface area contributed by atoms with Crippen LogP contribution in [0.3, 0.4) is 0 Å². The zero-order valence-corrected chi connectivity index (χ0v) is 23.1. The summed E-state index contributed by atoms with van der Waals surface area (Å²) in [5.74, 6) is 1.13. The average molecular weight is 525 g/mol. The first-order valence-electron chi connectivity index (χ1n) is 13.3. The van der Waals surface area contributed by atoms with Crippen LogP contribution in [0.25, 0.3) is 22.8 Å². The molecule has 38 heavy (non-hydrogen) atoms. The Morgan fingerprint density at radius 2 is 1.79 bits per heavy atom. The Hall–Kier alpha value is -3.27. The predicted octanol–water partition coefficient (Wildman–Crippen LogP) is 3.53. The lowest BCUT2D eigenvalue weighted by Crippen LogP contribution is -2.36. The van der Waals surface area contributed by atoms with Crippen LogP contribution in [-0.4, -0.2) is 70.1 Å². The molecule has 0 spiro atoms. The molecule has 3 rings (SSSR count). The molecule has 0 radical (unpaired) electrons. The van der Waals surface area contributed by atoms with Gasteiger partial charge in [-0.2, -0.15) is 4.98 Å². The summed E-state index contributed by atoms with van der Waals surface area (Å²) in [6, 6.07) is 10.4. The van der Waals surface area contributed by atoms with E-state index in [4.69, 9.17) is 19.4 Å². The van der Waals surface area contributed by atoms with Gasteiger partial charge in [0.1, 0.15) is 25.1 Å². The molecule has 9 nitrogen and oxygen atoms in total. The van der Waals surface area contributed by atoms with Crippen molar-refractivity contribution in [2.45, 2.75) is 60.1 Å². The third-order valence-corrected chi connectivity index (χ3v) is 6.52. The Labute approximate surface area is 224 Å². The number of hydrogen-bond donors (Lipinski definition) is 3. The summed E-state index contributed by atoms with van der Waals surface area (Å²) in [5, 5.41) is 25.6. The lowest BCUT2D eigenvalue weighted by Gasteiger charge is -2.18. The van der Waals surface area contributed by atoms with E-state index in [1.54, 1.807) is 0 Å². The molecule has 0 bridgehead atoms. The largest absolute Gasteiger partial charge is 0.490 e. The fourth-order valence-corrected chi connectivity index (χ4v) is 4.32. The summed E-state index contributed by atoms with van der Waals surface area (Å²) in [6.07, 6.45) is 0.724. The van der Waals surface area contributed by atoms with E-state index in [0.717, 1.165) is 48.3 Å². The summed E-state index contributed by atoms with van der Waals surface area (Å²) in [5.41, 5.74) is 6.03. The lowest BCUT2D eigenvalue weighted by molar-refractivity contribution is -0.124. The van der Waals surface area contributed by atoms with Gasteiger partial charge in [-0.05, 0) is 79.4 Å². The monoisotopic (exact) mass is 524 g/mol. The predicted molar refractivity (Wildman–Crippen MR) is 147 cm³/mol. The Kier molecular flexibility index (Phi) is 10.8. The highest BCUT2D eigenvalue weighted by Crippen LogP contribution is 2.31. The number of nitrogens with zero attached hydrogens (tertiary/aromatic N) is 3. The first-order valence-corrected chi connectivity index (χ1v) is 13.3. The van der Waals surface area contributed by atoms with E-state index in [-0.39, 0.29) is 13.2 Å². The smallest absolute Gasteiger partial charge is 0.258 e. The molecule has 0 aliphatic rings. The molecule has 0 fully saturated rings. The van der Waals surface area contributed by atoms with Gasteiger partial charge in [-0.15, -0.1) is 0 Å². The van der Waals surface area contributed by atoms with Crippen molar-refractivity contribution in [1.82, 2.24) is 20.4 Å². The van der Waals surface area contributed by atoms with Crippen molar-refractivity contribution >= 4 is 5.91 Å². The fraction of sp³-hybridized carbons (Fsp3) is 0.483. The maximum Gasteiger partial charge on any atom is 0.258 e. The Bertz CT molecular complexity index is 1210. The third-order valence-electron chi connectivity index (χ3n) is 6.52. The quantitative estimate of drug-likeness (QED) is 0.293. The first-order chi connectivity index (χ1) is 18.3. The van der Waals surface area contributed by atoms with E-state index in [1.165, 1.54) is 11.1 Å². The molecular weight excluding hydrogens is 484 g/mol. The number of amides is 1. The number of aliphatic hydroxyl groups is 2. The number of nitrogens with one attached hydrogen (secondary N) is 1. The fourth-order valence-electron chi connectivity index (χ4n) is 4.32. The lowest BCUT2D eigenvalue weighted by atomic mass is 10.0. The van der Waals surface area contributed by atoms with Gasteiger partial charge in [0.2, 0.25) is 11.7 Å². The van der Waals surface area contributed by atoms with Gasteiger partial charge in [0.05, 0.1) is 0 Å². The third kappa shape index (κ3) is 7.63. The SMILES string of the molecule is CCc1cc(CN(CC)CC)cc(-c2nc(-c3cc(C)c(OCC(O)CNC(=O)CO)c(CC)c3)no2)c1. The molecule has 2 aromatic carbocycles. The van der Waals surface area contributed by atoms with Crippen LogP contribution in [0.15, 0.2) is 34.9 Å². The highest BCUT2D eigenvalue weighted by molar-refractivity contribution is 5.76. The van der Waals surface area contributed by atoms with E-state index >= 15 is 0 Å². The van der Waals surface area contributed by atoms with Crippen molar-refractivity contribution < 1.29 is 24.3 Å². The number of hydrogen-bond acceptors (Lipinski definition) is 8. The summed E-state index contributed by atoms with van der Waals surface area (Å²) < 4.78 is 11.6. The molecule has 1 unspecified atom stereocenters. The van der Waals surface area contributed by atoms with Crippen molar-refractivity contribution in [2.24, 2.45) is 0 Å². The first kappa shape index (κ1) is 29.3. The standard InChI is InChI=1S/C29H40N4O5/c1-6-20-11-21(16-33(8-3)9-4)13-24(12-20)29-31-28(32-38-29)23-10-19(5)27(22(7-2)14-23)37-18-25(35)15-30-26(36)17-34/h10-14,25,34-35H,6-9,15-18H2,1-5H3,(H,30,36). The molecule has 0 aliphatic heterocycles. The number of ether oxygens (including phenoxy) is 1. The van der Waals surface area contributed by atoms with Gasteiger partial charge in [0.25, 0.3) is 5.89 Å². The highest BCUT2D eigenvalue weighted by atomic mass is 16.5. The van der Waals surface area contributed by atoms with E-state index in [0.29, 0.717) is 23.9 Å². The number of rotatable bonds is 14. The number of carbonyl (C=O) groups excluding carboxylic acids is 1. The minimum Gasteiger partial charge on any atom is -0.490 e. The van der Waals surface area contributed by atoms with Crippen molar-refractivity contribution in [1.29, 1.82) is 0 Å². The number of carbonyl (C=O) groups is 1. The Morgan fingerprint density at radius 1 is 1.05 bits per heavy atom. The van der Waals surface area contributed by atoms with Crippen LogP contribution in [0, 0.1) is 6.92 Å².